The zero-order valence-corrected chi connectivity index (χ0v) is 16.8. The van der Waals surface area contributed by atoms with Gasteiger partial charge in [-0.15, -0.1) is 0 Å². The number of carbonyl (C=O) groups is 1. The third kappa shape index (κ3) is 4.38. The normalized spacial score (nSPS) is 18.7. The Morgan fingerprint density at radius 3 is 2.69 bits per heavy atom. The second-order valence-electron chi connectivity index (χ2n) is 7.82. The van der Waals surface area contributed by atoms with Crippen molar-refractivity contribution in [2.24, 2.45) is 7.05 Å². The van der Waals surface area contributed by atoms with Crippen LogP contribution >= 0.6 is 0 Å². The van der Waals surface area contributed by atoms with Gasteiger partial charge in [-0.3, -0.25) is 14.5 Å². The molecule has 0 bridgehead atoms. The number of amides is 1. The topological polar surface area (TPSA) is 80.0 Å². The lowest BCUT2D eigenvalue weighted by Crippen LogP contribution is -2.40. The molecule has 0 radical (unpaired) electrons. The van der Waals surface area contributed by atoms with Gasteiger partial charge in [-0.25, -0.2) is 0 Å². The quantitative estimate of drug-likeness (QED) is 0.702. The number of pyridine rings is 1. The van der Waals surface area contributed by atoms with Crippen molar-refractivity contribution in [3.8, 4) is 11.3 Å². The van der Waals surface area contributed by atoms with Gasteiger partial charge in [-0.05, 0) is 61.4 Å². The van der Waals surface area contributed by atoms with Gasteiger partial charge < -0.3 is 10.4 Å². The fourth-order valence-electron chi connectivity index (χ4n) is 3.81. The Kier molecular flexibility index (Phi) is 5.45. The first-order valence-corrected chi connectivity index (χ1v) is 10.0. The molecule has 4 rings (SSSR count). The van der Waals surface area contributed by atoms with Crippen molar-refractivity contribution in [2.45, 2.75) is 44.8 Å². The third-order valence-electron chi connectivity index (χ3n) is 5.60. The molecule has 1 amide bonds. The van der Waals surface area contributed by atoms with Gasteiger partial charge in [-0.2, -0.15) is 5.10 Å². The molecule has 1 aromatic carbocycles. The van der Waals surface area contributed by atoms with E-state index in [-0.39, 0.29) is 11.9 Å². The number of rotatable bonds is 5. The molecule has 1 aliphatic rings. The summed E-state index contributed by atoms with van der Waals surface area (Å²) in [5.74, 6) is -0.220. The molecule has 1 aliphatic carbocycles. The highest BCUT2D eigenvalue weighted by Crippen LogP contribution is 2.21. The number of nitrogens with one attached hydrogen (secondary N) is 1. The average molecular weight is 390 g/mol. The van der Waals surface area contributed by atoms with E-state index in [0.29, 0.717) is 5.69 Å². The second-order valence-corrected chi connectivity index (χ2v) is 7.82. The summed E-state index contributed by atoms with van der Waals surface area (Å²) < 4.78 is 1.79. The molecule has 0 spiro atoms. The fraction of sp³-hybridized carbons (Fsp3) is 0.348. The number of aromatic nitrogens is 3. The first-order chi connectivity index (χ1) is 14.0. The Labute approximate surface area is 170 Å². The van der Waals surface area contributed by atoms with Crippen molar-refractivity contribution in [2.75, 3.05) is 0 Å². The maximum Gasteiger partial charge on any atom is 0.270 e. The molecule has 1 fully saturated rings. The SMILES string of the molecule is Cc1cnc(C(=O)NC2CCCC2O)cc1Cc1ccc(-c2ccn(C)n2)cc1. The van der Waals surface area contributed by atoms with Crippen LogP contribution in [0.2, 0.25) is 0 Å². The van der Waals surface area contributed by atoms with Crippen molar-refractivity contribution >= 4 is 5.91 Å². The van der Waals surface area contributed by atoms with E-state index >= 15 is 0 Å². The highest BCUT2D eigenvalue weighted by molar-refractivity contribution is 5.92. The number of hydrogen-bond donors (Lipinski definition) is 2. The van der Waals surface area contributed by atoms with Crippen molar-refractivity contribution in [1.82, 2.24) is 20.1 Å². The molecular formula is C23H26N4O2. The van der Waals surface area contributed by atoms with Crippen LogP contribution in [0, 0.1) is 6.92 Å². The minimum absolute atomic E-state index is 0.173. The van der Waals surface area contributed by atoms with E-state index in [1.807, 2.05) is 32.3 Å². The lowest BCUT2D eigenvalue weighted by atomic mass is 9.99. The van der Waals surface area contributed by atoms with Crippen molar-refractivity contribution < 1.29 is 9.90 Å². The van der Waals surface area contributed by atoms with Crippen LogP contribution in [0.25, 0.3) is 11.3 Å². The van der Waals surface area contributed by atoms with Crippen LogP contribution in [0.4, 0.5) is 0 Å². The molecule has 29 heavy (non-hydrogen) atoms. The fourth-order valence-corrected chi connectivity index (χ4v) is 3.81. The molecule has 2 N–H and O–H groups in total. The monoisotopic (exact) mass is 390 g/mol. The maximum absolute atomic E-state index is 12.6. The lowest BCUT2D eigenvalue weighted by Gasteiger charge is -2.16. The number of aliphatic hydroxyl groups is 1. The van der Waals surface area contributed by atoms with Gasteiger partial charge in [0.25, 0.3) is 5.91 Å². The van der Waals surface area contributed by atoms with Gasteiger partial charge in [-0.1, -0.05) is 24.3 Å². The summed E-state index contributed by atoms with van der Waals surface area (Å²) in [6, 6.07) is 12.0. The summed E-state index contributed by atoms with van der Waals surface area (Å²) in [7, 11) is 1.91. The summed E-state index contributed by atoms with van der Waals surface area (Å²) in [5, 5.41) is 17.3. The molecule has 1 saturated carbocycles. The Morgan fingerprint density at radius 1 is 1.24 bits per heavy atom. The van der Waals surface area contributed by atoms with Crippen LogP contribution < -0.4 is 5.32 Å². The summed E-state index contributed by atoms with van der Waals surface area (Å²) in [6.45, 7) is 2.01. The van der Waals surface area contributed by atoms with E-state index in [9.17, 15) is 9.90 Å². The van der Waals surface area contributed by atoms with E-state index in [1.165, 1.54) is 0 Å². The molecule has 2 atom stereocenters. The molecule has 3 aromatic rings. The maximum atomic E-state index is 12.6. The predicted octanol–water partition coefficient (Wildman–Crippen LogP) is 3.02. The molecule has 2 aromatic heterocycles. The summed E-state index contributed by atoms with van der Waals surface area (Å²) in [4.78, 5) is 16.9. The van der Waals surface area contributed by atoms with Crippen LogP contribution in [-0.2, 0) is 13.5 Å². The Hall–Kier alpha value is -2.99. The number of aryl methyl sites for hydroxylation is 2. The van der Waals surface area contributed by atoms with E-state index in [2.05, 4.69) is 39.7 Å². The van der Waals surface area contributed by atoms with E-state index in [1.54, 1.807) is 10.9 Å². The molecule has 150 valence electrons. The highest BCUT2D eigenvalue weighted by atomic mass is 16.3. The van der Waals surface area contributed by atoms with Crippen LogP contribution in [0.3, 0.4) is 0 Å². The van der Waals surface area contributed by atoms with Crippen LogP contribution in [0.1, 0.15) is 46.4 Å². The van der Waals surface area contributed by atoms with Crippen LogP contribution in [-0.4, -0.2) is 37.9 Å². The zero-order chi connectivity index (χ0) is 20.4. The highest BCUT2D eigenvalue weighted by Gasteiger charge is 2.27. The Bertz CT molecular complexity index is 1010. The number of benzene rings is 1. The van der Waals surface area contributed by atoms with Gasteiger partial charge in [0.1, 0.15) is 5.69 Å². The first kappa shape index (κ1) is 19.3. The molecule has 2 heterocycles. The number of nitrogens with zero attached hydrogens (tertiary/aromatic N) is 3. The Morgan fingerprint density at radius 2 is 2.03 bits per heavy atom. The molecule has 6 nitrogen and oxygen atoms in total. The minimum Gasteiger partial charge on any atom is -0.391 e. The van der Waals surface area contributed by atoms with Gasteiger partial charge >= 0.3 is 0 Å². The molecule has 0 saturated heterocycles. The molecule has 6 heteroatoms. The smallest absolute Gasteiger partial charge is 0.270 e. The summed E-state index contributed by atoms with van der Waals surface area (Å²) >= 11 is 0. The Balaban J connectivity index is 1.48. The summed E-state index contributed by atoms with van der Waals surface area (Å²) in [6.07, 6.45) is 6.44. The lowest BCUT2D eigenvalue weighted by molar-refractivity contribution is 0.0868. The average Bonchev–Trinajstić information content (AvgIpc) is 3.32. The zero-order valence-electron chi connectivity index (χ0n) is 16.8. The molecule has 0 aliphatic heterocycles. The first-order valence-electron chi connectivity index (χ1n) is 10.0. The van der Waals surface area contributed by atoms with Gasteiger partial charge in [0.2, 0.25) is 0 Å². The van der Waals surface area contributed by atoms with Gasteiger partial charge in [0, 0.05) is 25.0 Å². The van der Waals surface area contributed by atoms with Crippen molar-refractivity contribution in [3.05, 3.63) is 71.2 Å². The van der Waals surface area contributed by atoms with Crippen molar-refractivity contribution in [3.63, 3.8) is 0 Å². The van der Waals surface area contributed by atoms with Crippen LogP contribution in [0.15, 0.2) is 48.8 Å². The predicted molar refractivity (Wildman–Crippen MR) is 112 cm³/mol. The third-order valence-corrected chi connectivity index (χ3v) is 5.60. The van der Waals surface area contributed by atoms with E-state index < -0.39 is 6.10 Å². The number of hydrogen-bond acceptors (Lipinski definition) is 4. The number of aliphatic hydroxyl groups excluding tert-OH is 1. The standard InChI is InChI=1S/C23H26N4O2/c1-15-14-24-21(23(29)25-20-4-3-5-22(20)28)13-18(15)12-16-6-8-17(9-7-16)19-10-11-27(2)26-19/h6-11,13-14,20,22,28H,3-5,12H2,1-2H3,(H,25,29). The second kappa shape index (κ2) is 8.17. The van der Waals surface area contributed by atoms with E-state index in [0.717, 1.165) is 53.6 Å². The van der Waals surface area contributed by atoms with Gasteiger partial charge in [0.05, 0.1) is 17.8 Å². The van der Waals surface area contributed by atoms with E-state index in [4.69, 9.17) is 0 Å². The molecule has 2 unspecified atom stereocenters. The van der Waals surface area contributed by atoms with Crippen LogP contribution in [0.5, 0.6) is 0 Å². The molecular weight excluding hydrogens is 364 g/mol. The largest absolute Gasteiger partial charge is 0.391 e. The van der Waals surface area contributed by atoms with Crippen molar-refractivity contribution in [1.29, 1.82) is 0 Å². The summed E-state index contributed by atoms with van der Waals surface area (Å²) in [5.41, 5.74) is 5.72. The van der Waals surface area contributed by atoms with Gasteiger partial charge in [0.15, 0.2) is 0 Å². The minimum atomic E-state index is -0.457. The number of carbonyl (C=O) groups excluding carboxylic acids is 1.